The molecule has 0 aromatic heterocycles. The number of rotatable bonds is 4. The van der Waals surface area contributed by atoms with Crippen molar-refractivity contribution < 1.29 is 19.2 Å². The average Bonchev–Trinajstić information content (AvgIpc) is 2.94. The predicted molar refractivity (Wildman–Crippen MR) is 70.9 cm³/mol. The Morgan fingerprint density at radius 1 is 1.55 bits per heavy atom. The number of carbonyl (C=O) groups is 2. The SMILES string of the molecule is COC(=O)C1CCCN1c1ccc([N+](=O)[O-])cc1C=O. The lowest BCUT2D eigenvalue weighted by atomic mass is 10.1. The van der Waals surface area contributed by atoms with Crippen LogP contribution in [0.15, 0.2) is 18.2 Å². The van der Waals surface area contributed by atoms with Crippen molar-refractivity contribution in [2.45, 2.75) is 18.9 Å². The van der Waals surface area contributed by atoms with Crippen molar-refractivity contribution in [3.05, 3.63) is 33.9 Å². The minimum Gasteiger partial charge on any atom is -0.467 e. The Kier molecular flexibility index (Phi) is 3.97. The summed E-state index contributed by atoms with van der Waals surface area (Å²) in [6.45, 7) is 0.610. The fraction of sp³-hybridized carbons (Fsp3) is 0.385. The second-order valence-electron chi connectivity index (χ2n) is 4.49. The van der Waals surface area contributed by atoms with E-state index in [9.17, 15) is 19.7 Å². The van der Waals surface area contributed by atoms with Crippen LogP contribution in [0.3, 0.4) is 0 Å². The fourth-order valence-electron chi connectivity index (χ4n) is 2.45. The van der Waals surface area contributed by atoms with E-state index in [4.69, 9.17) is 4.74 Å². The zero-order valence-electron chi connectivity index (χ0n) is 10.9. The number of ether oxygens (including phenoxy) is 1. The highest BCUT2D eigenvalue weighted by Gasteiger charge is 2.33. The third-order valence-corrected chi connectivity index (χ3v) is 3.38. The number of nitro benzene ring substituents is 1. The van der Waals surface area contributed by atoms with Gasteiger partial charge >= 0.3 is 5.97 Å². The second kappa shape index (κ2) is 5.68. The Morgan fingerprint density at radius 2 is 2.30 bits per heavy atom. The van der Waals surface area contributed by atoms with Gasteiger partial charge in [0.05, 0.1) is 12.0 Å². The highest BCUT2D eigenvalue weighted by Crippen LogP contribution is 2.30. The van der Waals surface area contributed by atoms with Crippen LogP contribution in [0.25, 0.3) is 0 Å². The van der Waals surface area contributed by atoms with Gasteiger partial charge in [-0.1, -0.05) is 0 Å². The van der Waals surface area contributed by atoms with E-state index in [1.54, 1.807) is 4.90 Å². The lowest BCUT2D eigenvalue weighted by molar-refractivity contribution is -0.384. The number of esters is 1. The van der Waals surface area contributed by atoms with Gasteiger partial charge in [-0.2, -0.15) is 0 Å². The maximum absolute atomic E-state index is 11.7. The van der Waals surface area contributed by atoms with Gasteiger partial charge in [-0.25, -0.2) is 4.79 Å². The molecule has 0 aliphatic carbocycles. The summed E-state index contributed by atoms with van der Waals surface area (Å²) in [5.74, 6) is -0.363. The number of hydrogen-bond donors (Lipinski definition) is 0. The number of anilines is 1. The van der Waals surface area contributed by atoms with Crippen LogP contribution < -0.4 is 4.90 Å². The summed E-state index contributed by atoms with van der Waals surface area (Å²) >= 11 is 0. The van der Waals surface area contributed by atoms with Gasteiger partial charge in [0.1, 0.15) is 6.04 Å². The summed E-state index contributed by atoms with van der Waals surface area (Å²) < 4.78 is 4.74. The van der Waals surface area contributed by atoms with Crippen LogP contribution in [0.1, 0.15) is 23.2 Å². The van der Waals surface area contributed by atoms with Crippen molar-refractivity contribution in [2.75, 3.05) is 18.6 Å². The van der Waals surface area contributed by atoms with Crippen molar-refractivity contribution >= 4 is 23.6 Å². The maximum atomic E-state index is 11.7. The van der Waals surface area contributed by atoms with Crippen molar-refractivity contribution in [3.63, 3.8) is 0 Å². The second-order valence-corrected chi connectivity index (χ2v) is 4.49. The highest BCUT2D eigenvalue weighted by molar-refractivity contribution is 5.89. The Hall–Kier alpha value is -2.44. The Bertz CT molecular complexity index is 558. The van der Waals surface area contributed by atoms with Crippen LogP contribution in [0, 0.1) is 10.1 Å². The van der Waals surface area contributed by atoms with Crippen LogP contribution in [-0.2, 0) is 9.53 Å². The van der Waals surface area contributed by atoms with Gasteiger partial charge in [0.2, 0.25) is 0 Å². The summed E-state index contributed by atoms with van der Waals surface area (Å²) in [6, 6.07) is 3.60. The van der Waals surface area contributed by atoms with Crippen LogP contribution in [-0.4, -0.2) is 36.9 Å². The standard InChI is InChI=1S/C13H14N2O5/c1-20-13(17)12-3-2-6-14(12)11-5-4-10(15(18)19)7-9(11)8-16/h4-5,7-8,12H,2-3,6H2,1H3. The number of carbonyl (C=O) groups excluding carboxylic acids is 2. The van der Waals surface area contributed by atoms with E-state index in [-0.39, 0.29) is 17.2 Å². The van der Waals surface area contributed by atoms with E-state index in [1.165, 1.54) is 25.3 Å². The zero-order valence-corrected chi connectivity index (χ0v) is 10.9. The molecule has 1 fully saturated rings. The average molecular weight is 278 g/mol. The molecule has 0 amide bonds. The molecule has 0 spiro atoms. The van der Waals surface area contributed by atoms with Crippen molar-refractivity contribution in [2.24, 2.45) is 0 Å². The van der Waals surface area contributed by atoms with Gasteiger partial charge in [-0.15, -0.1) is 0 Å². The molecule has 7 nitrogen and oxygen atoms in total. The van der Waals surface area contributed by atoms with Gasteiger partial charge in [-0.3, -0.25) is 14.9 Å². The topological polar surface area (TPSA) is 89.8 Å². The van der Waals surface area contributed by atoms with Crippen molar-refractivity contribution in [1.29, 1.82) is 0 Å². The molecule has 0 bridgehead atoms. The third-order valence-electron chi connectivity index (χ3n) is 3.38. The normalized spacial score (nSPS) is 17.9. The first-order chi connectivity index (χ1) is 9.58. The molecule has 1 aromatic rings. The molecule has 1 aliphatic heterocycles. The Morgan fingerprint density at radius 3 is 2.90 bits per heavy atom. The first kappa shape index (κ1) is 14.0. The van der Waals surface area contributed by atoms with E-state index >= 15 is 0 Å². The molecule has 1 aromatic carbocycles. The first-order valence-corrected chi connectivity index (χ1v) is 6.16. The van der Waals surface area contributed by atoms with Gasteiger partial charge < -0.3 is 9.64 Å². The lowest BCUT2D eigenvalue weighted by Crippen LogP contribution is -2.37. The van der Waals surface area contributed by atoms with Gasteiger partial charge in [0.25, 0.3) is 5.69 Å². The quantitative estimate of drug-likeness (QED) is 0.359. The summed E-state index contributed by atoms with van der Waals surface area (Å²) in [6.07, 6.45) is 2.01. The number of non-ortho nitro benzene ring substituents is 1. The summed E-state index contributed by atoms with van der Waals surface area (Å²) in [4.78, 5) is 34.8. The molecular weight excluding hydrogens is 264 g/mol. The van der Waals surface area contributed by atoms with Crippen LogP contribution >= 0.6 is 0 Å². The largest absolute Gasteiger partial charge is 0.467 e. The molecule has 0 saturated carbocycles. The summed E-state index contributed by atoms with van der Waals surface area (Å²) in [5, 5.41) is 10.7. The van der Waals surface area contributed by atoms with E-state index in [1.807, 2.05) is 0 Å². The fourth-order valence-corrected chi connectivity index (χ4v) is 2.45. The molecule has 20 heavy (non-hydrogen) atoms. The number of methoxy groups -OCH3 is 1. The zero-order chi connectivity index (χ0) is 14.7. The van der Waals surface area contributed by atoms with E-state index in [2.05, 4.69) is 0 Å². The molecule has 0 radical (unpaired) electrons. The smallest absolute Gasteiger partial charge is 0.328 e. The van der Waals surface area contributed by atoms with E-state index in [0.29, 0.717) is 24.9 Å². The highest BCUT2D eigenvalue weighted by atomic mass is 16.6. The van der Waals surface area contributed by atoms with Crippen molar-refractivity contribution in [3.8, 4) is 0 Å². The summed E-state index contributed by atoms with van der Waals surface area (Å²) in [5.41, 5.74) is 0.582. The molecule has 1 aliphatic rings. The molecule has 1 unspecified atom stereocenters. The van der Waals surface area contributed by atoms with Crippen LogP contribution in [0.2, 0.25) is 0 Å². The van der Waals surface area contributed by atoms with Crippen LogP contribution in [0.4, 0.5) is 11.4 Å². The number of hydrogen-bond acceptors (Lipinski definition) is 6. The molecule has 7 heteroatoms. The minimum absolute atomic E-state index is 0.148. The molecule has 1 saturated heterocycles. The van der Waals surface area contributed by atoms with Crippen LogP contribution in [0.5, 0.6) is 0 Å². The molecule has 1 atom stereocenters. The molecule has 1 heterocycles. The molecule has 106 valence electrons. The Balaban J connectivity index is 2.39. The van der Waals surface area contributed by atoms with Gasteiger partial charge in [0, 0.05) is 29.9 Å². The number of aldehydes is 1. The lowest BCUT2D eigenvalue weighted by Gasteiger charge is -2.25. The molecule has 2 rings (SSSR count). The molecular formula is C13H14N2O5. The van der Waals surface area contributed by atoms with E-state index in [0.717, 1.165) is 6.42 Å². The number of nitro groups is 1. The van der Waals surface area contributed by atoms with Gasteiger partial charge in [0.15, 0.2) is 6.29 Å². The number of benzene rings is 1. The predicted octanol–water partition coefficient (Wildman–Crippen LogP) is 1.55. The van der Waals surface area contributed by atoms with E-state index < -0.39 is 11.0 Å². The Labute approximate surface area is 115 Å². The van der Waals surface area contributed by atoms with Crippen molar-refractivity contribution in [1.82, 2.24) is 0 Å². The van der Waals surface area contributed by atoms with Gasteiger partial charge in [-0.05, 0) is 18.9 Å². The third kappa shape index (κ3) is 2.47. The monoisotopic (exact) mass is 278 g/mol. The minimum atomic E-state index is -0.557. The maximum Gasteiger partial charge on any atom is 0.328 e. The molecule has 0 N–H and O–H groups in total. The number of nitrogens with zero attached hydrogens (tertiary/aromatic N) is 2. The first-order valence-electron chi connectivity index (χ1n) is 6.16. The summed E-state index contributed by atoms with van der Waals surface area (Å²) in [7, 11) is 1.31.